The van der Waals surface area contributed by atoms with Crippen molar-refractivity contribution in [2.75, 3.05) is 13.7 Å². The van der Waals surface area contributed by atoms with Crippen LogP contribution in [0.25, 0.3) is 0 Å². The van der Waals surface area contributed by atoms with E-state index < -0.39 is 6.04 Å². The highest BCUT2D eigenvalue weighted by Gasteiger charge is 2.29. The van der Waals surface area contributed by atoms with Gasteiger partial charge in [-0.3, -0.25) is 9.59 Å². The first-order chi connectivity index (χ1) is 15.3. The lowest BCUT2D eigenvalue weighted by molar-refractivity contribution is -0.143. The van der Waals surface area contributed by atoms with Crippen molar-refractivity contribution in [3.63, 3.8) is 0 Å². The summed E-state index contributed by atoms with van der Waals surface area (Å²) in [6.07, 6.45) is 1.33. The van der Waals surface area contributed by atoms with Gasteiger partial charge in [0.2, 0.25) is 5.91 Å². The molecule has 0 bridgehead atoms. The van der Waals surface area contributed by atoms with Gasteiger partial charge in [0.25, 0.3) is 5.91 Å². The Morgan fingerprint density at radius 2 is 1.59 bits per heavy atom. The first-order valence-electron chi connectivity index (χ1n) is 11.2. The van der Waals surface area contributed by atoms with E-state index in [0.717, 1.165) is 28.9 Å². The molecule has 0 unspecified atom stereocenters. The molecule has 1 N–H and O–H groups in total. The molecule has 2 atom stereocenters. The molecule has 2 aromatic rings. The molecule has 6 heteroatoms. The van der Waals surface area contributed by atoms with Crippen molar-refractivity contribution in [1.82, 2.24) is 10.2 Å². The van der Waals surface area contributed by atoms with Gasteiger partial charge < -0.3 is 19.7 Å². The lowest BCUT2D eigenvalue weighted by atomic mass is 10.1. The van der Waals surface area contributed by atoms with Crippen molar-refractivity contribution in [3.8, 4) is 11.5 Å². The van der Waals surface area contributed by atoms with Gasteiger partial charge in [0.1, 0.15) is 17.5 Å². The number of nitrogens with one attached hydrogen (secondary N) is 1. The van der Waals surface area contributed by atoms with Crippen molar-refractivity contribution in [2.45, 2.75) is 66.1 Å². The summed E-state index contributed by atoms with van der Waals surface area (Å²) in [5.74, 6) is 1.02. The average molecular weight is 441 g/mol. The van der Waals surface area contributed by atoms with Gasteiger partial charge in [-0.15, -0.1) is 0 Å². The summed E-state index contributed by atoms with van der Waals surface area (Å²) in [7, 11) is 1.61. The minimum absolute atomic E-state index is 0.0426. The number of ether oxygens (including phenoxy) is 2. The van der Waals surface area contributed by atoms with Crippen molar-refractivity contribution < 1.29 is 19.1 Å². The van der Waals surface area contributed by atoms with Crippen LogP contribution in [0.4, 0.5) is 0 Å². The Kier molecular flexibility index (Phi) is 9.57. The number of amides is 2. The molecule has 0 radical (unpaired) electrons. The largest absolute Gasteiger partial charge is 0.497 e. The molecule has 0 aromatic heterocycles. The van der Waals surface area contributed by atoms with Crippen LogP contribution in [0.1, 0.15) is 50.3 Å². The van der Waals surface area contributed by atoms with E-state index in [1.807, 2.05) is 71.0 Å². The van der Waals surface area contributed by atoms with Gasteiger partial charge in [0, 0.05) is 12.6 Å². The quantitative estimate of drug-likeness (QED) is 0.562. The molecule has 32 heavy (non-hydrogen) atoms. The molecular weight excluding hydrogens is 404 g/mol. The highest BCUT2D eigenvalue weighted by atomic mass is 16.5. The van der Waals surface area contributed by atoms with Crippen molar-refractivity contribution in [2.24, 2.45) is 0 Å². The van der Waals surface area contributed by atoms with Crippen LogP contribution in [0, 0.1) is 13.8 Å². The number of carbonyl (C=O) groups is 2. The molecule has 0 fully saturated rings. The fraction of sp³-hybridized carbons (Fsp3) is 0.462. The van der Waals surface area contributed by atoms with Crippen LogP contribution < -0.4 is 14.8 Å². The molecule has 2 rings (SSSR count). The highest BCUT2D eigenvalue weighted by Crippen LogP contribution is 2.19. The molecule has 0 aliphatic heterocycles. The minimum Gasteiger partial charge on any atom is -0.497 e. The van der Waals surface area contributed by atoms with Gasteiger partial charge in [-0.1, -0.05) is 32.0 Å². The molecule has 0 heterocycles. The third-order valence-electron chi connectivity index (χ3n) is 5.46. The van der Waals surface area contributed by atoms with Gasteiger partial charge in [0.05, 0.1) is 7.11 Å². The van der Waals surface area contributed by atoms with Gasteiger partial charge in [-0.05, 0) is 74.6 Å². The number of benzene rings is 2. The summed E-state index contributed by atoms with van der Waals surface area (Å²) in [5.41, 5.74) is 3.06. The van der Waals surface area contributed by atoms with Crippen LogP contribution in [0.3, 0.4) is 0 Å². The molecule has 174 valence electrons. The average Bonchev–Trinajstić information content (AvgIpc) is 2.77. The van der Waals surface area contributed by atoms with Gasteiger partial charge in [0.15, 0.2) is 6.61 Å². The molecule has 2 aromatic carbocycles. The first-order valence-corrected chi connectivity index (χ1v) is 11.2. The number of hydrogen-bond acceptors (Lipinski definition) is 4. The van der Waals surface area contributed by atoms with E-state index in [0.29, 0.717) is 18.7 Å². The van der Waals surface area contributed by atoms with Crippen LogP contribution in [-0.4, -0.2) is 42.5 Å². The molecule has 0 saturated heterocycles. The number of methoxy groups -OCH3 is 1. The summed E-state index contributed by atoms with van der Waals surface area (Å²) in [6, 6.07) is 12.8. The lowest BCUT2D eigenvalue weighted by Crippen LogP contribution is -2.51. The summed E-state index contributed by atoms with van der Waals surface area (Å²) in [4.78, 5) is 27.9. The topological polar surface area (TPSA) is 67.9 Å². The van der Waals surface area contributed by atoms with Crippen LogP contribution in [0.2, 0.25) is 0 Å². The summed E-state index contributed by atoms with van der Waals surface area (Å²) < 4.78 is 11.0. The zero-order valence-electron chi connectivity index (χ0n) is 20.1. The summed E-state index contributed by atoms with van der Waals surface area (Å²) in [6.45, 7) is 10.1. The number of aryl methyl sites for hydroxylation is 2. The lowest BCUT2D eigenvalue weighted by Gasteiger charge is -2.31. The van der Waals surface area contributed by atoms with E-state index >= 15 is 0 Å². The van der Waals surface area contributed by atoms with E-state index in [9.17, 15) is 9.59 Å². The fourth-order valence-corrected chi connectivity index (χ4v) is 3.53. The molecule has 0 aliphatic rings. The second-order valence-corrected chi connectivity index (χ2v) is 8.22. The molecule has 0 spiro atoms. The third-order valence-corrected chi connectivity index (χ3v) is 5.46. The molecular formula is C26H36N2O4. The first kappa shape index (κ1) is 25.2. The number of hydrogen-bond donors (Lipinski definition) is 1. The molecule has 0 aliphatic carbocycles. The maximum Gasteiger partial charge on any atom is 0.261 e. The van der Waals surface area contributed by atoms with Gasteiger partial charge in [-0.2, -0.15) is 0 Å². The van der Waals surface area contributed by atoms with Gasteiger partial charge in [-0.25, -0.2) is 0 Å². The zero-order valence-corrected chi connectivity index (χ0v) is 20.1. The molecule has 2 amide bonds. The van der Waals surface area contributed by atoms with Crippen LogP contribution in [0.5, 0.6) is 11.5 Å². The summed E-state index contributed by atoms with van der Waals surface area (Å²) >= 11 is 0. The van der Waals surface area contributed by atoms with E-state index in [2.05, 4.69) is 11.4 Å². The smallest absolute Gasteiger partial charge is 0.261 e. The van der Waals surface area contributed by atoms with Crippen LogP contribution in [-0.2, 0) is 16.1 Å². The fourth-order valence-electron chi connectivity index (χ4n) is 3.53. The van der Waals surface area contributed by atoms with E-state index in [1.165, 1.54) is 0 Å². The third kappa shape index (κ3) is 7.29. The molecule has 6 nitrogen and oxygen atoms in total. The Bertz CT molecular complexity index is 875. The number of nitrogens with zero attached hydrogens (tertiary/aromatic N) is 1. The SMILES string of the molecule is CC[C@@H](C)NC(=O)[C@@H](CC)N(Cc1ccc(OC)cc1)C(=O)COc1cc(C)cc(C)c1. The Morgan fingerprint density at radius 3 is 2.12 bits per heavy atom. The number of rotatable bonds is 11. The predicted octanol–water partition coefficient (Wildman–Crippen LogP) is 4.41. The second-order valence-electron chi connectivity index (χ2n) is 8.22. The Hall–Kier alpha value is -3.02. The Labute approximate surface area is 191 Å². The Balaban J connectivity index is 2.23. The highest BCUT2D eigenvalue weighted by molar-refractivity contribution is 5.88. The molecule has 0 saturated carbocycles. The summed E-state index contributed by atoms with van der Waals surface area (Å²) in [5, 5.41) is 3.02. The van der Waals surface area contributed by atoms with E-state index in [-0.39, 0.29) is 24.5 Å². The maximum absolute atomic E-state index is 13.3. The van der Waals surface area contributed by atoms with Crippen molar-refractivity contribution in [3.05, 3.63) is 59.2 Å². The zero-order chi connectivity index (χ0) is 23.7. The number of carbonyl (C=O) groups excluding carboxylic acids is 2. The maximum atomic E-state index is 13.3. The van der Waals surface area contributed by atoms with Crippen LogP contribution >= 0.6 is 0 Å². The Morgan fingerprint density at radius 1 is 0.969 bits per heavy atom. The van der Waals surface area contributed by atoms with Crippen molar-refractivity contribution >= 4 is 11.8 Å². The monoisotopic (exact) mass is 440 g/mol. The standard InChI is InChI=1S/C26H36N2O4/c1-7-20(5)27-26(30)24(8-2)28(16-21-9-11-22(31-6)12-10-21)25(29)17-32-23-14-18(3)13-19(4)15-23/h9-15,20,24H,7-8,16-17H2,1-6H3,(H,27,30)/t20-,24-/m1/s1. The second kappa shape index (κ2) is 12.1. The minimum atomic E-state index is -0.582. The normalized spacial score (nSPS) is 12.6. The van der Waals surface area contributed by atoms with E-state index in [4.69, 9.17) is 9.47 Å². The van der Waals surface area contributed by atoms with Crippen LogP contribution in [0.15, 0.2) is 42.5 Å². The van der Waals surface area contributed by atoms with E-state index in [1.54, 1.807) is 12.0 Å². The predicted molar refractivity (Wildman–Crippen MR) is 127 cm³/mol. The van der Waals surface area contributed by atoms with Crippen molar-refractivity contribution in [1.29, 1.82) is 0 Å². The van der Waals surface area contributed by atoms with Gasteiger partial charge >= 0.3 is 0 Å².